The molecular formula is C12H15F4NO. The smallest absolute Gasteiger partial charge is 0.391 e. The second-order valence-corrected chi connectivity index (χ2v) is 4.49. The molecule has 0 aromatic heterocycles. The number of hydrogen-bond acceptors (Lipinski definition) is 2. The first kappa shape index (κ1) is 14.9. The van der Waals surface area contributed by atoms with Crippen molar-refractivity contribution in [2.75, 3.05) is 0 Å². The molecule has 0 amide bonds. The van der Waals surface area contributed by atoms with Gasteiger partial charge in [0.1, 0.15) is 5.82 Å². The zero-order chi connectivity index (χ0) is 14.1. The maximum Gasteiger partial charge on any atom is 0.416 e. The van der Waals surface area contributed by atoms with Crippen LogP contribution in [0.15, 0.2) is 18.2 Å². The van der Waals surface area contributed by atoms with Gasteiger partial charge in [-0.25, -0.2) is 4.39 Å². The van der Waals surface area contributed by atoms with Gasteiger partial charge in [0.15, 0.2) is 0 Å². The van der Waals surface area contributed by atoms with Crippen LogP contribution in [-0.4, -0.2) is 11.2 Å². The zero-order valence-corrected chi connectivity index (χ0v) is 10.0. The van der Waals surface area contributed by atoms with E-state index in [1.54, 1.807) is 13.8 Å². The second-order valence-electron chi connectivity index (χ2n) is 4.49. The summed E-state index contributed by atoms with van der Waals surface area (Å²) in [5, 5.41) is 9.69. The molecular weight excluding hydrogens is 250 g/mol. The van der Waals surface area contributed by atoms with Crippen molar-refractivity contribution in [1.82, 2.24) is 0 Å². The lowest BCUT2D eigenvalue weighted by molar-refractivity contribution is -0.137. The topological polar surface area (TPSA) is 46.2 Å². The minimum absolute atomic E-state index is 0.283. The SMILES string of the molecule is CC(C)[C@@H](O)[C@@H](N)c1cc(C(F)(F)F)ccc1F. The van der Waals surface area contributed by atoms with E-state index in [0.29, 0.717) is 18.2 Å². The standard InChI is InChI=1S/C12H15F4NO/c1-6(2)11(18)10(17)8-5-7(12(14,15)16)3-4-9(8)13/h3-6,10-11,18H,17H2,1-2H3/t10-,11+/m0/s1. The molecule has 18 heavy (non-hydrogen) atoms. The van der Waals surface area contributed by atoms with Crippen LogP contribution in [0.3, 0.4) is 0 Å². The van der Waals surface area contributed by atoms with E-state index in [2.05, 4.69) is 0 Å². The van der Waals surface area contributed by atoms with Gasteiger partial charge in [-0.3, -0.25) is 0 Å². The Kier molecular flexibility index (Phi) is 4.34. The summed E-state index contributed by atoms with van der Waals surface area (Å²) in [7, 11) is 0. The first-order valence-corrected chi connectivity index (χ1v) is 5.45. The van der Waals surface area contributed by atoms with E-state index in [9.17, 15) is 22.7 Å². The Bertz CT molecular complexity index is 417. The van der Waals surface area contributed by atoms with Gasteiger partial charge >= 0.3 is 6.18 Å². The quantitative estimate of drug-likeness (QED) is 0.825. The Labute approximate surface area is 102 Å². The van der Waals surface area contributed by atoms with Crippen molar-refractivity contribution >= 4 is 0 Å². The van der Waals surface area contributed by atoms with E-state index in [4.69, 9.17) is 5.73 Å². The van der Waals surface area contributed by atoms with Gasteiger partial charge in [-0.15, -0.1) is 0 Å². The first-order valence-electron chi connectivity index (χ1n) is 5.45. The van der Waals surface area contributed by atoms with Crippen LogP contribution in [-0.2, 0) is 6.18 Å². The van der Waals surface area contributed by atoms with Crippen LogP contribution in [0, 0.1) is 11.7 Å². The summed E-state index contributed by atoms with van der Waals surface area (Å²) >= 11 is 0. The highest BCUT2D eigenvalue weighted by molar-refractivity contribution is 5.30. The van der Waals surface area contributed by atoms with Crippen molar-refractivity contribution < 1.29 is 22.7 Å². The predicted molar refractivity (Wildman–Crippen MR) is 59.2 cm³/mol. The van der Waals surface area contributed by atoms with Crippen LogP contribution >= 0.6 is 0 Å². The number of alkyl halides is 3. The average Bonchev–Trinajstić information content (AvgIpc) is 2.26. The lowest BCUT2D eigenvalue weighted by Crippen LogP contribution is -2.31. The molecule has 0 saturated heterocycles. The van der Waals surface area contributed by atoms with Gasteiger partial charge in [0.05, 0.1) is 17.7 Å². The number of aliphatic hydroxyl groups excluding tert-OH is 1. The molecule has 3 N–H and O–H groups in total. The highest BCUT2D eigenvalue weighted by atomic mass is 19.4. The highest BCUT2D eigenvalue weighted by Crippen LogP contribution is 2.32. The molecule has 0 bridgehead atoms. The molecule has 1 aromatic rings. The normalized spacial score (nSPS) is 15.8. The number of halogens is 4. The molecule has 0 unspecified atom stereocenters. The van der Waals surface area contributed by atoms with Gasteiger partial charge in [0.25, 0.3) is 0 Å². The van der Waals surface area contributed by atoms with Crippen LogP contribution in [0.25, 0.3) is 0 Å². The van der Waals surface area contributed by atoms with Crippen LogP contribution in [0.5, 0.6) is 0 Å². The van der Waals surface area contributed by atoms with E-state index in [-0.39, 0.29) is 11.5 Å². The van der Waals surface area contributed by atoms with Gasteiger partial charge in [-0.1, -0.05) is 13.8 Å². The van der Waals surface area contributed by atoms with Gasteiger partial charge in [-0.2, -0.15) is 13.2 Å². The lowest BCUT2D eigenvalue weighted by atomic mass is 9.93. The Hall–Kier alpha value is -1.14. The molecule has 0 saturated carbocycles. The average molecular weight is 265 g/mol. The molecule has 2 atom stereocenters. The van der Waals surface area contributed by atoms with E-state index in [0.717, 1.165) is 0 Å². The molecule has 0 aliphatic rings. The minimum atomic E-state index is -4.56. The highest BCUT2D eigenvalue weighted by Gasteiger charge is 2.32. The maximum atomic E-state index is 13.5. The molecule has 0 fully saturated rings. The fraction of sp³-hybridized carbons (Fsp3) is 0.500. The molecule has 0 spiro atoms. The Morgan fingerprint density at radius 3 is 2.22 bits per heavy atom. The predicted octanol–water partition coefficient (Wildman–Crippen LogP) is 2.86. The minimum Gasteiger partial charge on any atom is -0.391 e. The van der Waals surface area contributed by atoms with E-state index in [1.807, 2.05) is 0 Å². The largest absolute Gasteiger partial charge is 0.416 e. The fourth-order valence-electron chi connectivity index (χ4n) is 1.57. The summed E-state index contributed by atoms with van der Waals surface area (Å²) < 4.78 is 51.0. The molecule has 1 rings (SSSR count). The van der Waals surface area contributed by atoms with Crippen molar-refractivity contribution in [2.45, 2.75) is 32.2 Å². The van der Waals surface area contributed by atoms with Crippen LogP contribution in [0.2, 0.25) is 0 Å². The van der Waals surface area contributed by atoms with Crippen molar-refractivity contribution in [1.29, 1.82) is 0 Å². The number of hydrogen-bond donors (Lipinski definition) is 2. The maximum absolute atomic E-state index is 13.5. The molecule has 0 aliphatic carbocycles. The molecule has 6 heteroatoms. The Morgan fingerprint density at radius 2 is 1.78 bits per heavy atom. The lowest BCUT2D eigenvalue weighted by Gasteiger charge is -2.23. The molecule has 2 nitrogen and oxygen atoms in total. The number of benzene rings is 1. The summed E-state index contributed by atoms with van der Waals surface area (Å²) in [6.45, 7) is 3.30. The third-order valence-electron chi connectivity index (χ3n) is 2.73. The summed E-state index contributed by atoms with van der Waals surface area (Å²) in [6, 6.07) is 0.816. The van der Waals surface area contributed by atoms with Gasteiger partial charge in [-0.05, 0) is 24.1 Å². The third-order valence-corrected chi connectivity index (χ3v) is 2.73. The van der Waals surface area contributed by atoms with Gasteiger partial charge in [0.2, 0.25) is 0 Å². The Balaban J connectivity index is 3.16. The van der Waals surface area contributed by atoms with Gasteiger partial charge < -0.3 is 10.8 Å². The molecule has 0 aliphatic heterocycles. The summed E-state index contributed by atoms with van der Waals surface area (Å²) in [6.07, 6.45) is -5.67. The van der Waals surface area contributed by atoms with Gasteiger partial charge in [0, 0.05) is 5.56 Å². The van der Waals surface area contributed by atoms with E-state index >= 15 is 0 Å². The van der Waals surface area contributed by atoms with E-state index in [1.165, 1.54) is 0 Å². The van der Waals surface area contributed by atoms with Crippen molar-refractivity contribution in [3.8, 4) is 0 Å². The molecule has 0 heterocycles. The molecule has 102 valence electrons. The zero-order valence-electron chi connectivity index (χ0n) is 10.0. The molecule has 1 aromatic carbocycles. The first-order chi connectivity index (χ1) is 8.14. The second kappa shape index (κ2) is 5.24. The van der Waals surface area contributed by atoms with Crippen molar-refractivity contribution in [3.05, 3.63) is 35.1 Å². The summed E-state index contributed by atoms with van der Waals surface area (Å²) in [5.41, 5.74) is 4.29. The van der Waals surface area contributed by atoms with Crippen molar-refractivity contribution in [2.24, 2.45) is 11.7 Å². The number of rotatable bonds is 3. The van der Waals surface area contributed by atoms with Crippen LogP contribution < -0.4 is 5.73 Å². The van der Waals surface area contributed by atoms with Crippen LogP contribution in [0.4, 0.5) is 17.6 Å². The van der Waals surface area contributed by atoms with Crippen molar-refractivity contribution in [3.63, 3.8) is 0 Å². The Morgan fingerprint density at radius 1 is 1.22 bits per heavy atom. The number of aliphatic hydroxyl groups is 1. The third kappa shape index (κ3) is 3.20. The summed E-state index contributed by atoms with van der Waals surface area (Å²) in [4.78, 5) is 0. The monoisotopic (exact) mass is 265 g/mol. The van der Waals surface area contributed by atoms with Crippen LogP contribution in [0.1, 0.15) is 31.0 Å². The fourth-order valence-corrected chi connectivity index (χ4v) is 1.57. The van der Waals surface area contributed by atoms with E-state index < -0.39 is 29.7 Å². The number of nitrogens with two attached hydrogens (primary N) is 1. The summed E-state index contributed by atoms with van der Waals surface area (Å²) in [5.74, 6) is -1.14. The molecule has 0 radical (unpaired) electrons.